The van der Waals surface area contributed by atoms with Gasteiger partial charge in [0.25, 0.3) is 0 Å². The number of aliphatic imine (C=N–C) groups is 2. The zero-order valence-corrected chi connectivity index (χ0v) is 16.1. The van der Waals surface area contributed by atoms with Gasteiger partial charge in [-0.1, -0.05) is 13.8 Å². The first-order chi connectivity index (χ1) is 14.3. The second-order valence-electron chi connectivity index (χ2n) is 6.51. The molecule has 0 aliphatic carbocycles. The van der Waals surface area contributed by atoms with E-state index in [0.29, 0.717) is 23.3 Å². The number of nitrogens with zero attached hydrogens (tertiary/aromatic N) is 4. The van der Waals surface area contributed by atoms with Gasteiger partial charge in [-0.05, 0) is 35.3 Å². The van der Waals surface area contributed by atoms with Crippen LogP contribution < -0.4 is 5.73 Å². The Morgan fingerprint density at radius 2 is 1.58 bits per heavy atom. The lowest BCUT2D eigenvalue weighted by molar-refractivity contribution is -0.150. The molecule has 2 aromatic rings. The van der Waals surface area contributed by atoms with Crippen molar-refractivity contribution >= 4 is 17.7 Å². The number of hydrogen-bond donors (Lipinski definition) is 1. The Labute approximate surface area is 172 Å². The number of alkyl halides is 6. The van der Waals surface area contributed by atoms with Crippen molar-refractivity contribution in [3.63, 3.8) is 0 Å². The molecule has 0 spiro atoms. The average Bonchev–Trinajstić information content (AvgIpc) is 2.65. The van der Waals surface area contributed by atoms with Crippen LogP contribution in [-0.2, 0) is 12.4 Å². The molecule has 0 aromatic carbocycles. The van der Waals surface area contributed by atoms with E-state index >= 15 is 0 Å². The topological polar surface area (TPSA) is 76.5 Å². The molecule has 12 heteroatoms. The van der Waals surface area contributed by atoms with Crippen molar-refractivity contribution in [1.29, 1.82) is 0 Å². The first kappa shape index (κ1) is 24.0. The number of rotatable bonds is 5. The number of nitrogens with two attached hydrogens (primary N) is 1. The molecule has 0 aliphatic heterocycles. The quantitative estimate of drug-likeness (QED) is 0.301. The lowest BCUT2D eigenvalue weighted by Crippen LogP contribution is -2.20. The monoisotopic (exact) mass is 447 g/mol. The molecule has 0 unspecified atom stereocenters. The Hall–Kier alpha value is -3.31. The van der Waals surface area contributed by atoms with Gasteiger partial charge in [-0.25, -0.2) is 20.0 Å². The molecule has 0 bridgehead atoms. The van der Waals surface area contributed by atoms with E-state index in [0.717, 1.165) is 6.34 Å². The lowest BCUT2D eigenvalue weighted by Gasteiger charge is -2.12. The fourth-order valence-electron chi connectivity index (χ4n) is 2.39. The van der Waals surface area contributed by atoms with Crippen molar-refractivity contribution in [3.8, 4) is 0 Å². The van der Waals surface area contributed by atoms with Gasteiger partial charge >= 0.3 is 12.4 Å². The summed E-state index contributed by atoms with van der Waals surface area (Å²) in [4.78, 5) is 13.5. The predicted molar refractivity (Wildman–Crippen MR) is 100 cm³/mol. The van der Waals surface area contributed by atoms with Gasteiger partial charge in [0.2, 0.25) is 5.95 Å². The maximum Gasteiger partial charge on any atom is 0.433 e. The maximum absolute atomic E-state index is 13.3. The normalized spacial score (nSPS) is 14.0. The van der Waals surface area contributed by atoms with E-state index in [-0.39, 0.29) is 5.92 Å². The SMILES string of the molecule is CC(C)/C(=C/N=CN=C(N)c1cc(C(F)(F)F)nc(C(F)(F)F)c1)c1ccnc(F)c1. The minimum atomic E-state index is -5.11. The molecule has 0 radical (unpaired) electrons. The predicted octanol–water partition coefficient (Wildman–Crippen LogP) is 5.08. The van der Waals surface area contributed by atoms with E-state index in [2.05, 4.69) is 20.0 Å². The summed E-state index contributed by atoms with van der Waals surface area (Å²) < 4.78 is 90.6. The number of amidine groups is 1. The van der Waals surface area contributed by atoms with Gasteiger partial charge in [-0.3, -0.25) is 0 Å². The van der Waals surface area contributed by atoms with E-state index in [1.165, 1.54) is 18.5 Å². The third kappa shape index (κ3) is 6.59. The van der Waals surface area contributed by atoms with Crippen molar-refractivity contribution < 1.29 is 30.7 Å². The number of allylic oxidation sites excluding steroid dienone is 1. The maximum atomic E-state index is 13.3. The number of pyridine rings is 2. The lowest BCUT2D eigenvalue weighted by atomic mass is 9.97. The van der Waals surface area contributed by atoms with Crippen LogP contribution in [0.3, 0.4) is 0 Å². The number of aromatic nitrogens is 2. The largest absolute Gasteiger partial charge is 0.433 e. The molecule has 2 N–H and O–H groups in total. The summed E-state index contributed by atoms with van der Waals surface area (Å²) >= 11 is 0. The number of hydrogen-bond acceptors (Lipinski definition) is 3. The molecule has 0 aliphatic rings. The summed E-state index contributed by atoms with van der Waals surface area (Å²) in [7, 11) is 0. The minimum absolute atomic E-state index is 0.0934. The van der Waals surface area contributed by atoms with E-state index in [1.807, 2.05) is 13.8 Å². The molecule has 0 saturated carbocycles. The smallest absolute Gasteiger partial charge is 0.383 e. The molecule has 2 rings (SSSR count). The van der Waals surface area contributed by atoms with Crippen LogP contribution in [0.5, 0.6) is 0 Å². The number of halogens is 7. The van der Waals surface area contributed by atoms with Crippen molar-refractivity contribution in [2.75, 3.05) is 0 Å². The average molecular weight is 447 g/mol. The van der Waals surface area contributed by atoms with Gasteiger partial charge in [0, 0.05) is 24.0 Å². The summed E-state index contributed by atoms with van der Waals surface area (Å²) in [5.74, 6) is -1.42. The first-order valence-corrected chi connectivity index (χ1v) is 8.62. The highest BCUT2D eigenvalue weighted by Crippen LogP contribution is 2.33. The second-order valence-corrected chi connectivity index (χ2v) is 6.51. The van der Waals surface area contributed by atoms with Crippen LogP contribution in [-0.4, -0.2) is 22.1 Å². The zero-order chi connectivity index (χ0) is 23.4. The van der Waals surface area contributed by atoms with Gasteiger partial charge in [0.15, 0.2) is 0 Å². The molecular weight excluding hydrogens is 431 g/mol. The van der Waals surface area contributed by atoms with E-state index in [9.17, 15) is 30.7 Å². The molecule has 2 aromatic heterocycles. The Balaban J connectivity index is 2.38. The minimum Gasteiger partial charge on any atom is -0.383 e. The van der Waals surface area contributed by atoms with Gasteiger partial charge in [0.1, 0.15) is 23.6 Å². The van der Waals surface area contributed by atoms with Crippen molar-refractivity contribution in [3.05, 3.63) is 65.1 Å². The third-order valence-electron chi connectivity index (χ3n) is 3.86. The van der Waals surface area contributed by atoms with E-state index in [1.54, 1.807) is 6.07 Å². The first-order valence-electron chi connectivity index (χ1n) is 8.62. The van der Waals surface area contributed by atoms with Crippen LogP contribution in [0.25, 0.3) is 5.57 Å². The molecule has 0 saturated heterocycles. The molecule has 166 valence electrons. The second kappa shape index (κ2) is 9.23. The Kier molecular flexibility index (Phi) is 7.13. The Morgan fingerprint density at radius 3 is 2.06 bits per heavy atom. The van der Waals surface area contributed by atoms with Crippen LogP contribution >= 0.6 is 0 Å². The highest BCUT2D eigenvalue weighted by atomic mass is 19.4. The summed E-state index contributed by atoms with van der Waals surface area (Å²) in [6, 6.07) is 3.46. The van der Waals surface area contributed by atoms with Crippen molar-refractivity contribution in [1.82, 2.24) is 9.97 Å². The van der Waals surface area contributed by atoms with Crippen LogP contribution in [0.4, 0.5) is 30.7 Å². The van der Waals surface area contributed by atoms with Crippen LogP contribution in [0.15, 0.2) is 46.6 Å². The molecule has 31 heavy (non-hydrogen) atoms. The zero-order valence-electron chi connectivity index (χ0n) is 16.1. The van der Waals surface area contributed by atoms with Gasteiger partial charge in [-0.2, -0.15) is 30.7 Å². The van der Waals surface area contributed by atoms with Crippen LogP contribution in [0.1, 0.15) is 36.4 Å². The van der Waals surface area contributed by atoms with Crippen molar-refractivity contribution in [2.24, 2.45) is 21.6 Å². The summed E-state index contributed by atoms with van der Waals surface area (Å²) in [5, 5.41) is 0. The summed E-state index contributed by atoms with van der Waals surface area (Å²) in [6.07, 6.45) is -6.78. The van der Waals surface area contributed by atoms with E-state index < -0.39 is 41.1 Å². The van der Waals surface area contributed by atoms with Gasteiger partial charge < -0.3 is 5.73 Å². The fourth-order valence-corrected chi connectivity index (χ4v) is 2.39. The molecule has 2 heterocycles. The molecule has 0 fully saturated rings. The van der Waals surface area contributed by atoms with Crippen LogP contribution in [0.2, 0.25) is 0 Å². The molecule has 0 atom stereocenters. The standard InChI is InChI=1S/C19H16F7N5/c1-10(2)13(11-3-4-29-16(20)7-11)8-28-9-30-17(27)12-5-14(18(21,22)23)31-15(6-12)19(24,25)26/h3-10H,1-2H3,(H2,27,28,30)/b13-8-. The Bertz CT molecular complexity index is 989. The summed E-state index contributed by atoms with van der Waals surface area (Å²) in [6.45, 7) is 3.62. The molecule has 5 nitrogen and oxygen atoms in total. The molecular formula is C19H16F7N5. The van der Waals surface area contributed by atoms with E-state index in [4.69, 9.17) is 5.73 Å². The molecule has 0 amide bonds. The van der Waals surface area contributed by atoms with Gasteiger partial charge in [-0.15, -0.1) is 0 Å². The van der Waals surface area contributed by atoms with Gasteiger partial charge in [0.05, 0.1) is 0 Å². The highest BCUT2D eigenvalue weighted by Gasteiger charge is 2.39. The Morgan fingerprint density at radius 1 is 1.00 bits per heavy atom. The fraction of sp³-hybridized carbons (Fsp3) is 0.263. The summed E-state index contributed by atoms with van der Waals surface area (Å²) in [5.41, 5.74) is 2.50. The van der Waals surface area contributed by atoms with Crippen molar-refractivity contribution in [2.45, 2.75) is 26.2 Å². The van der Waals surface area contributed by atoms with Crippen LogP contribution in [0, 0.1) is 11.9 Å². The highest BCUT2D eigenvalue weighted by molar-refractivity contribution is 6.01. The third-order valence-corrected chi connectivity index (χ3v) is 3.86.